The van der Waals surface area contributed by atoms with Gasteiger partial charge in [0.25, 0.3) is 0 Å². The molecule has 1 fully saturated rings. The summed E-state index contributed by atoms with van der Waals surface area (Å²) >= 11 is 0. The SMILES string of the molecule is COc1cc2c(c3c1-c1c(cc(O)c4ccccc14)CC3)C[C@@H](O)[C@H](c1ccc(O)c(OC3CCCC3)c1)O2. The first-order valence-corrected chi connectivity index (χ1v) is 13.8. The first-order chi connectivity index (χ1) is 19.0. The van der Waals surface area contributed by atoms with E-state index in [1.54, 1.807) is 25.3 Å². The molecule has 0 spiro atoms. The van der Waals surface area contributed by atoms with Gasteiger partial charge in [0.15, 0.2) is 11.5 Å². The Morgan fingerprint density at radius 1 is 0.821 bits per heavy atom. The van der Waals surface area contributed by atoms with Gasteiger partial charge in [0.2, 0.25) is 0 Å². The van der Waals surface area contributed by atoms with Gasteiger partial charge in [-0.2, -0.15) is 0 Å². The number of hydrogen-bond acceptors (Lipinski definition) is 6. The normalized spacial score (nSPS) is 20.2. The molecule has 1 heterocycles. The highest BCUT2D eigenvalue weighted by atomic mass is 16.5. The molecule has 200 valence electrons. The highest BCUT2D eigenvalue weighted by Gasteiger charge is 2.36. The largest absolute Gasteiger partial charge is 0.507 e. The fourth-order valence-electron chi connectivity index (χ4n) is 6.74. The smallest absolute Gasteiger partial charge is 0.161 e. The Bertz CT molecular complexity index is 1590. The minimum absolute atomic E-state index is 0.101. The lowest BCUT2D eigenvalue weighted by Gasteiger charge is -2.35. The topological polar surface area (TPSA) is 88.4 Å². The number of aromatic hydroxyl groups is 2. The van der Waals surface area contributed by atoms with E-state index in [0.717, 1.165) is 82.7 Å². The average molecular weight is 525 g/mol. The Labute approximate surface area is 227 Å². The molecular weight excluding hydrogens is 492 g/mol. The molecule has 2 atom stereocenters. The summed E-state index contributed by atoms with van der Waals surface area (Å²) in [5, 5.41) is 34.3. The second-order valence-corrected chi connectivity index (χ2v) is 10.9. The molecule has 6 nitrogen and oxygen atoms in total. The Kier molecular flexibility index (Phi) is 5.81. The summed E-state index contributed by atoms with van der Waals surface area (Å²) < 4.78 is 18.5. The van der Waals surface area contributed by atoms with Gasteiger partial charge in [-0.3, -0.25) is 0 Å². The Morgan fingerprint density at radius 2 is 1.62 bits per heavy atom. The van der Waals surface area contributed by atoms with E-state index < -0.39 is 12.2 Å². The molecule has 0 aromatic heterocycles. The van der Waals surface area contributed by atoms with Crippen molar-refractivity contribution in [2.75, 3.05) is 7.11 Å². The summed E-state index contributed by atoms with van der Waals surface area (Å²) in [5.41, 5.74) is 6.07. The van der Waals surface area contributed by atoms with Crippen LogP contribution in [-0.4, -0.2) is 34.6 Å². The predicted molar refractivity (Wildman–Crippen MR) is 149 cm³/mol. The number of aliphatic hydroxyl groups excluding tert-OH is 1. The van der Waals surface area contributed by atoms with Crippen LogP contribution in [0, 0.1) is 0 Å². The zero-order valence-corrected chi connectivity index (χ0v) is 21.9. The molecule has 0 saturated heterocycles. The van der Waals surface area contributed by atoms with Crippen molar-refractivity contribution in [1.29, 1.82) is 0 Å². The molecular formula is C33H32O6. The second kappa shape index (κ2) is 9.38. The van der Waals surface area contributed by atoms with E-state index >= 15 is 0 Å². The standard InChI is InChI=1S/C33H32O6/c1-37-30-17-28-24(23-12-10-18-14-26(35)21-8-4-5-9-22(21)31(18)32(23)30)16-27(36)33(39-28)19-11-13-25(34)29(15-19)38-20-6-2-3-7-20/h4-5,8-9,11,13-15,17,20,27,33-36H,2-3,6-7,10,12,16H2,1H3/t27-,33+/m1/s1. The second-order valence-electron chi connectivity index (χ2n) is 10.9. The van der Waals surface area contributed by atoms with Gasteiger partial charge in [-0.1, -0.05) is 30.3 Å². The summed E-state index contributed by atoms with van der Waals surface area (Å²) in [7, 11) is 1.67. The number of phenolic OH excluding ortho intramolecular Hbond substituents is 2. The van der Waals surface area contributed by atoms with E-state index in [-0.39, 0.29) is 17.6 Å². The van der Waals surface area contributed by atoms with Crippen LogP contribution >= 0.6 is 0 Å². The lowest BCUT2D eigenvalue weighted by molar-refractivity contribution is 0.0201. The van der Waals surface area contributed by atoms with Gasteiger partial charge in [-0.15, -0.1) is 0 Å². The molecule has 2 aliphatic carbocycles. The number of benzene rings is 4. The molecule has 3 N–H and O–H groups in total. The van der Waals surface area contributed by atoms with Crippen molar-refractivity contribution >= 4 is 10.8 Å². The molecule has 3 aliphatic rings. The van der Waals surface area contributed by atoms with E-state index in [9.17, 15) is 15.3 Å². The van der Waals surface area contributed by atoms with Crippen molar-refractivity contribution in [2.45, 2.75) is 63.3 Å². The molecule has 0 unspecified atom stereocenters. The molecule has 1 saturated carbocycles. The number of aryl methyl sites for hydroxylation is 1. The van der Waals surface area contributed by atoms with Crippen LogP contribution < -0.4 is 14.2 Å². The number of fused-ring (bicyclic) bond motifs is 7. The summed E-state index contributed by atoms with van der Waals surface area (Å²) in [6.07, 6.45) is 4.99. The van der Waals surface area contributed by atoms with E-state index in [1.807, 2.05) is 36.4 Å². The molecule has 1 aliphatic heterocycles. The molecule has 4 aromatic carbocycles. The van der Waals surface area contributed by atoms with Crippen molar-refractivity contribution in [2.24, 2.45) is 0 Å². The van der Waals surface area contributed by atoms with E-state index in [0.29, 0.717) is 23.7 Å². The summed E-state index contributed by atoms with van der Waals surface area (Å²) in [5.74, 6) is 2.25. The van der Waals surface area contributed by atoms with Gasteiger partial charge in [-0.25, -0.2) is 0 Å². The number of rotatable bonds is 4. The minimum Gasteiger partial charge on any atom is -0.507 e. The number of hydrogen-bond donors (Lipinski definition) is 3. The van der Waals surface area contributed by atoms with Gasteiger partial charge in [0.05, 0.1) is 19.3 Å². The molecule has 39 heavy (non-hydrogen) atoms. The average Bonchev–Trinajstić information content (AvgIpc) is 3.46. The van der Waals surface area contributed by atoms with E-state index in [4.69, 9.17) is 14.2 Å². The highest BCUT2D eigenvalue weighted by Crippen LogP contribution is 2.51. The van der Waals surface area contributed by atoms with Crippen molar-refractivity contribution < 1.29 is 29.5 Å². The minimum atomic E-state index is -0.767. The maximum Gasteiger partial charge on any atom is 0.161 e. The fourth-order valence-corrected chi connectivity index (χ4v) is 6.74. The van der Waals surface area contributed by atoms with Crippen molar-refractivity contribution in [1.82, 2.24) is 0 Å². The lowest BCUT2D eigenvalue weighted by Crippen LogP contribution is -2.31. The Hall–Kier alpha value is -3.90. The zero-order chi connectivity index (χ0) is 26.7. The molecule has 0 bridgehead atoms. The van der Waals surface area contributed by atoms with Gasteiger partial charge < -0.3 is 29.5 Å². The van der Waals surface area contributed by atoms with Gasteiger partial charge in [0.1, 0.15) is 23.4 Å². The summed E-state index contributed by atoms with van der Waals surface area (Å²) in [4.78, 5) is 0. The fraction of sp³-hybridized carbons (Fsp3) is 0.333. The van der Waals surface area contributed by atoms with Crippen molar-refractivity contribution in [3.63, 3.8) is 0 Å². The van der Waals surface area contributed by atoms with Crippen LogP contribution in [0.15, 0.2) is 54.6 Å². The van der Waals surface area contributed by atoms with Crippen LogP contribution in [0.25, 0.3) is 21.9 Å². The quantitative estimate of drug-likeness (QED) is 0.287. The third kappa shape index (κ3) is 3.97. The van der Waals surface area contributed by atoms with E-state index in [1.165, 1.54) is 0 Å². The third-order valence-corrected chi connectivity index (χ3v) is 8.62. The molecule has 7 rings (SSSR count). The molecule has 0 amide bonds. The van der Waals surface area contributed by atoms with Crippen LogP contribution in [0.2, 0.25) is 0 Å². The van der Waals surface area contributed by atoms with E-state index in [2.05, 4.69) is 0 Å². The number of aliphatic hydroxyl groups is 1. The van der Waals surface area contributed by atoms with Crippen LogP contribution in [0.5, 0.6) is 28.7 Å². The van der Waals surface area contributed by atoms with Crippen LogP contribution in [0.4, 0.5) is 0 Å². The number of methoxy groups -OCH3 is 1. The maximum atomic E-state index is 11.4. The maximum absolute atomic E-state index is 11.4. The van der Waals surface area contributed by atoms with Gasteiger partial charge in [0, 0.05) is 29.0 Å². The van der Waals surface area contributed by atoms with Crippen LogP contribution in [0.1, 0.15) is 54.0 Å². The van der Waals surface area contributed by atoms with Crippen molar-refractivity contribution in [3.05, 3.63) is 76.9 Å². The summed E-state index contributed by atoms with van der Waals surface area (Å²) in [6, 6.07) is 16.9. The van der Waals surface area contributed by atoms with Crippen molar-refractivity contribution in [3.8, 4) is 39.9 Å². The molecule has 0 radical (unpaired) electrons. The molecule has 6 heteroatoms. The van der Waals surface area contributed by atoms with Crippen LogP contribution in [-0.2, 0) is 19.3 Å². The number of ether oxygens (including phenoxy) is 3. The first kappa shape index (κ1) is 24.2. The van der Waals surface area contributed by atoms with Gasteiger partial charge in [-0.05, 0) is 84.4 Å². The Morgan fingerprint density at radius 3 is 2.41 bits per heavy atom. The zero-order valence-electron chi connectivity index (χ0n) is 21.9. The molecule has 4 aromatic rings. The lowest BCUT2D eigenvalue weighted by atomic mass is 9.78. The first-order valence-electron chi connectivity index (χ1n) is 13.8. The summed E-state index contributed by atoms with van der Waals surface area (Å²) in [6.45, 7) is 0. The highest BCUT2D eigenvalue weighted by molar-refractivity contribution is 6.04. The Balaban J connectivity index is 1.30. The number of phenols is 2. The third-order valence-electron chi connectivity index (χ3n) is 8.62. The van der Waals surface area contributed by atoms with Gasteiger partial charge >= 0.3 is 0 Å². The monoisotopic (exact) mass is 524 g/mol. The predicted octanol–water partition coefficient (Wildman–Crippen LogP) is 6.38. The van der Waals surface area contributed by atoms with Crippen LogP contribution in [0.3, 0.4) is 0 Å².